The van der Waals surface area contributed by atoms with Crippen molar-refractivity contribution < 1.29 is 4.79 Å². The summed E-state index contributed by atoms with van der Waals surface area (Å²) in [5, 5.41) is 11.1. The highest BCUT2D eigenvalue weighted by Crippen LogP contribution is 2.07. The number of nitrogens with two attached hydrogens (primary N) is 1. The summed E-state index contributed by atoms with van der Waals surface area (Å²) in [6, 6.07) is 8.56. The minimum Gasteiger partial charge on any atom is -0.325 e. The van der Waals surface area contributed by atoms with Crippen molar-refractivity contribution in [1.82, 2.24) is 0 Å². The number of rotatable bonds is 2. The van der Waals surface area contributed by atoms with Crippen LogP contribution in [0.2, 0.25) is 0 Å². The van der Waals surface area contributed by atoms with E-state index in [0.717, 1.165) is 0 Å². The van der Waals surface area contributed by atoms with E-state index in [0.29, 0.717) is 11.3 Å². The van der Waals surface area contributed by atoms with Crippen LogP contribution in [0.3, 0.4) is 0 Å². The number of benzene rings is 1. The van der Waals surface area contributed by atoms with Gasteiger partial charge in [0.1, 0.15) is 0 Å². The normalized spacial score (nSPS) is 8.29. The Morgan fingerprint density at radius 2 is 2.00 bits per heavy atom. The van der Waals surface area contributed by atoms with Gasteiger partial charge in [-0.25, -0.2) is 0 Å². The smallest absolute Gasteiger partial charge is 0.238 e. The Balaban J connectivity index is 0.00000169. The molecule has 0 saturated carbocycles. The van der Waals surface area contributed by atoms with Gasteiger partial charge in [0.15, 0.2) is 0 Å². The van der Waals surface area contributed by atoms with Crippen LogP contribution >= 0.6 is 12.4 Å². The molecule has 0 atom stereocenters. The van der Waals surface area contributed by atoms with Crippen molar-refractivity contribution >= 4 is 24.0 Å². The minimum absolute atomic E-state index is 0. The molecule has 0 bridgehead atoms. The number of hydrogen-bond acceptors (Lipinski definition) is 3. The molecule has 0 heterocycles. The predicted molar refractivity (Wildman–Crippen MR) is 56.1 cm³/mol. The molecule has 0 aliphatic carbocycles. The van der Waals surface area contributed by atoms with Crippen LogP contribution in [0.4, 0.5) is 5.69 Å². The zero-order chi connectivity index (χ0) is 9.68. The maximum absolute atomic E-state index is 10.8. The van der Waals surface area contributed by atoms with Gasteiger partial charge in [-0.3, -0.25) is 4.79 Å². The first kappa shape index (κ1) is 12.4. The quantitative estimate of drug-likeness (QED) is 0.762. The molecule has 0 spiro atoms. The fourth-order valence-electron chi connectivity index (χ4n) is 0.840. The number of nitriles is 1. The first-order chi connectivity index (χ1) is 6.26. The van der Waals surface area contributed by atoms with Crippen LogP contribution in [0.1, 0.15) is 5.56 Å². The van der Waals surface area contributed by atoms with Gasteiger partial charge in [0.25, 0.3) is 0 Å². The molecule has 5 heteroatoms. The van der Waals surface area contributed by atoms with Crippen molar-refractivity contribution in [3.8, 4) is 6.07 Å². The lowest BCUT2D eigenvalue weighted by atomic mass is 10.2. The minimum atomic E-state index is -0.246. The Morgan fingerprint density at radius 1 is 1.43 bits per heavy atom. The lowest BCUT2D eigenvalue weighted by Crippen LogP contribution is -2.21. The Kier molecular flexibility index (Phi) is 5.30. The molecular formula is C9H10ClN3O. The van der Waals surface area contributed by atoms with Gasteiger partial charge in [0, 0.05) is 5.69 Å². The maximum Gasteiger partial charge on any atom is 0.238 e. The number of nitrogens with one attached hydrogen (secondary N) is 1. The van der Waals surface area contributed by atoms with Crippen molar-refractivity contribution in [1.29, 1.82) is 5.26 Å². The molecular weight excluding hydrogens is 202 g/mol. The summed E-state index contributed by atoms with van der Waals surface area (Å²) in [5.41, 5.74) is 6.32. The summed E-state index contributed by atoms with van der Waals surface area (Å²) in [5.74, 6) is -0.246. The van der Waals surface area contributed by atoms with Crippen LogP contribution in [-0.4, -0.2) is 12.5 Å². The van der Waals surface area contributed by atoms with Crippen molar-refractivity contribution in [3.63, 3.8) is 0 Å². The molecule has 4 nitrogen and oxygen atoms in total. The fraction of sp³-hybridized carbons (Fsp3) is 0.111. The van der Waals surface area contributed by atoms with E-state index in [-0.39, 0.29) is 24.9 Å². The average molecular weight is 212 g/mol. The molecule has 0 saturated heterocycles. The van der Waals surface area contributed by atoms with Crippen LogP contribution < -0.4 is 11.1 Å². The third-order valence-electron chi connectivity index (χ3n) is 1.48. The molecule has 0 unspecified atom stereocenters. The molecule has 0 aliphatic rings. The third kappa shape index (κ3) is 3.44. The van der Waals surface area contributed by atoms with Crippen LogP contribution in [-0.2, 0) is 4.79 Å². The van der Waals surface area contributed by atoms with Crippen LogP contribution in [0, 0.1) is 11.3 Å². The molecule has 0 aromatic heterocycles. The maximum atomic E-state index is 10.8. The van der Waals surface area contributed by atoms with Crippen molar-refractivity contribution in [2.75, 3.05) is 11.9 Å². The number of hydrogen-bond donors (Lipinski definition) is 2. The van der Waals surface area contributed by atoms with E-state index in [9.17, 15) is 4.79 Å². The van der Waals surface area contributed by atoms with Crippen molar-refractivity contribution in [3.05, 3.63) is 29.8 Å². The summed E-state index contributed by atoms with van der Waals surface area (Å²) in [7, 11) is 0. The van der Waals surface area contributed by atoms with E-state index in [1.165, 1.54) is 0 Å². The zero-order valence-electron chi connectivity index (χ0n) is 7.36. The zero-order valence-corrected chi connectivity index (χ0v) is 8.17. The Bertz CT molecular complexity index is 342. The van der Waals surface area contributed by atoms with E-state index in [4.69, 9.17) is 11.0 Å². The van der Waals surface area contributed by atoms with Crippen molar-refractivity contribution in [2.24, 2.45) is 5.73 Å². The van der Waals surface area contributed by atoms with Gasteiger partial charge in [-0.05, 0) is 24.3 Å². The second-order valence-corrected chi connectivity index (χ2v) is 2.44. The number of halogens is 1. The largest absolute Gasteiger partial charge is 0.325 e. The SMILES string of the molecule is Cl.N#Cc1ccc(NC(=O)CN)cc1. The Hall–Kier alpha value is -1.57. The van der Waals surface area contributed by atoms with Gasteiger partial charge in [0.05, 0.1) is 18.2 Å². The summed E-state index contributed by atoms with van der Waals surface area (Å²) in [6.45, 7) is -0.0417. The van der Waals surface area contributed by atoms with Crippen LogP contribution in [0.5, 0.6) is 0 Å². The van der Waals surface area contributed by atoms with E-state index >= 15 is 0 Å². The van der Waals surface area contributed by atoms with Gasteiger partial charge in [0.2, 0.25) is 5.91 Å². The fourth-order valence-corrected chi connectivity index (χ4v) is 0.840. The topological polar surface area (TPSA) is 78.9 Å². The van der Waals surface area contributed by atoms with Crippen molar-refractivity contribution in [2.45, 2.75) is 0 Å². The van der Waals surface area contributed by atoms with E-state index < -0.39 is 0 Å². The summed E-state index contributed by atoms with van der Waals surface area (Å²) >= 11 is 0. The Morgan fingerprint density at radius 3 is 2.43 bits per heavy atom. The standard InChI is InChI=1S/C9H9N3O.ClH/c10-5-7-1-3-8(4-2-7)12-9(13)6-11;/h1-4H,6,11H2,(H,12,13);1H. The van der Waals surface area contributed by atoms with E-state index in [1.807, 2.05) is 6.07 Å². The highest BCUT2D eigenvalue weighted by atomic mass is 35.5. The number of amides is 1. The van der Waals surface area contributed by atoms with Gasteiger partial charge < -0.3 is 11.1 Å². The predicted octanol–water partition coefficient (Wildman–Crippen LogP) is 0.877. The summed E-state index contributed by atoms with van der Waals surface area (Å²) in [6.07, 6.45) is 0. The molecule has 0 radical (unpaired) electrons. The Labute approximate surface area is 88.1 Å². The second-order valence-electron chi connectivity index (χ2n) is 2.44. The molecule has 0 aliphatic heterocycles. The molecule has 1 aromatic rings. The number of carbonyl (C=O) groups is 1. The average Bonchev–Trinajstić information content (AvgIpc) is 2.19. The lowest BCUT2D eigenvalue weighted by molar-refractivity contribution is -0.114. The highest BCUT2D eigenvalue weighted by Gasteiger charge is 1.97. The number of nitrogens with zero attached hydrogens (tertiary/aromatic N) is 1. The molecule has 74 valence electrons. The first-order valence-electron chi connectivity index (χ1n) is 3.76. The van der Waals surface area contributed by atoms with Crippen LogP contribution in [0.15, 0.2) is 24.3 Å². The molecule has 1 amide bonds. The summed E-state index contributed by atoms with van der Waals surface area (Å²) in [4.78, 5) is 10.8. The van der Waals surface area contributed by atoms with Gasteiger partial charge in [-0.15, -0.1) is 12.4 Å². The molecule has 1 rings (SSSR count). The highest BCUT2D eigenvalue weighted by molar-refractivity contribution is 5.92. The van der Waals surface area contributed by atoms with Gasteiger partial charge >= 0.3 is 0 Å². The number of anilines is 1. The van der Waals surface area contributed by atoms with Gasteiger partial charge in [-0.2, -0.15) is 5.26 Å². The van der Waals surface area contributed by atoms with E-state index in [2.05, 4.69) is 5.32 Å². The second kappa shape index (κ2) is 5.97. The van der Waals surface area contributed by atoms with Crippen LogP contribution in [0.25, 0.3) is 0 Å². The molecule has 0 fully saturated rings. The lowest BCUT2D eigenvalue weighted by Gasteiger charge is -2.01. The summed E-state index contributed by atoms with van der Waals surface area (Å²) < 4.78 is 0. The third-order valence-corrected chi connectivity index (χ3v) is 1.48. The monoisotopic (exact) mass is 211 g/mol. The van der Waals surface area contributed by atoms with Gasteiger partial charge in [-0.1, -0.05) is 0 Å². The molecule has 14 heavy (non-hydrogen) atoms. The molecule has 3 N–H and O–H groups in total. The molecule has 1 aromatic carbocycles. The van der Waals surface area contributed by atoms with E-state index in [1.54, 1.807) is 24.3 Å². The number of carbonyl (C=O) groups excluding carboxylic acids is 1. The first-order valence-corrected chi connectivity index (χ1v) is 3.76.